The minimum absolute atomic E-state index is 0.875. The maximum Gasteiger partial charge on any atom is 0.0560 e. The summed E-state index contributed by atoms with van der Waals surface area (Å²) < 4.78 is 0. The van der Waals surface area contributed by atoms with Crippen LogP contribution in [-0.2, 0) is 13.1 Å². The van der Waals surface area contributed by atoms with Gasteiger partial charge in [-0.3, -0.25) is 14.8 Å². The third kappa shape index (κ3) is 7.11. The van der Waals surface area contributed by atoms with Crippen molar-refractivity contribution in [2.24, 2.45) is 0 Å². The molecule has 1 heterocycles. The number of nitrogens with zero attached hydrogens (tertiary/aromatic N) is 3. The van der Waals surface area contributed by atoms with Crippen LogP contribution < -0.4 is 0 Å². The first-order valence-corrected chi connectivity index (χ1v) is 10.6. The first-order chi connectivity index (χ1) is 13.6. The highest BCUT2D eigenvalue weighted by atomic mass is 15.1. The quantitative estimate of drug-likeness (QED) is 0.582. The molecule has 1 aromatic carbocycles. The minimum atomic E-state index is 0.875. The lowest BCUT2D eigenvalue weighted by molar-refractivity contribution is 0.274. The third-order valence-electron chi connectivity index (χ3n) is 4.99. The second-order valence-electron chi connectivity index (χ2n) is 7.28. The van der Waals surface area contributed by atoms with Gasteiger partial charge in [-0.2, -0.15) is 0 Å². The van der Waals surface area contributed by atoms with Gasteiger partial charge < -0.3 is 0 Å². The summed E-state index contributed by atoms with van der Waals surface area (Å²) in [5, 5.41) is 0. The van der Waals surface area contributed by atoms with Crippen molar-refractivity contribution >= 4 is 0 Å². The van der Waals surface area contributed by atoms with Gasteiger partial charge in [-0.05, 0) is 63.8 Å². The molecule has 150 valence electrons. The summed E-state index contributed by atoms with van der Waals surface area (Å²) in [5.74, 6) is 6.68. The highest BCUT2D eigenvalue weighted by Gasteiger charge is 2.09. The van der Waals surface area contributed by atoms with E-state index in [1.165, 1.54) is 5.56 Å². The van der Waals surface area contributed by atoms with Crippen LogP contribution in [0.3, 0.4) is 0 Å². The van der Waals surface area contributed by atoms with Crippen molar-refractivity contribution in [3.8, 4) is 11.8 Å². The van der Waals surface area contributed by atoms with Crippen molar-refractivity contribution in [3.05, 3.63) is 64.5 Å². The average Bonchev–Trinajstić information content (AvgIpc) is 2.71. The zero-order chi connectivity index (χ0) is 20.4. The van der Waals surface area contributed by atoms with Crippen molar-refractivity contribution in [2.75, 3.05) is 26.2 Å². The second kappa shape index (κ2) is 11.6. The number of rotatable bonds is 9. The molecule has 0 amide bonds. The van der Waals surface area contributed by atoms with Crippen molar-refractivity contribution in [1.29, 1.82) is 0 Å². The van der Waals surface area contributed by atoms with E-state index in [1.807, 2.05) is 0 Å². The lowest BCUT2D eigenvalue weighted by Crippen LogP contribution is -2.25. The van der Waals surface area contributed by atoms with Crippen molar-refractivity contribution in [1.82, 2.24) is 14.8 Å². The second-order valence-corrected chi connectivity index (χ2v) is 7.28. The van der Waals surface area contributed by atoms with Gasteiger partial charge in [-0.1, -0.05) is 57.2 Å². The van der Waals surface area contributed by atoms with Gasteiger partial charge >= 0.3 is 0 Å². The number of benzene rings is 1. The van der Waals surface area contributed by atoms with E-state index in [1.54, 1.807) is 0 Å². The van der Waals surface area contributed by atoms with Crippen molar-refractivity contribution in [3.63, 3.8) is 0 Å². The molecule has 1 aromatic heterocycles. The summed E-state index contributed by atoms with van der Waals surface area (Å²) in [4.78, 5) is 9.80. The molecule has 0 N–H and O–H groups in total. The Labute approximate surface area is 171 Å². The van der Waals surface area contributed by atoms with Gasteiger partial charge in [0.25, 0.3) is 0 Å². The van der Waals surface area contributed by atoms with Gasteiger partial charge in [0.05, 0.1) is 11.4 Å². The van der Waals surface area contributed by atoms with Gasteiger partial charge in [0, 0.05) is 24.2 Å². The molecular formula is C25H35N3. The summed E-state index contributed by atoms with van der Waals surface area (Å²) in [7, 11) is 0. The van der Waals surface area contributed by atoms with Crippen LogP contribution in [0.5, 0.6) is 0 Å². The van der Waals surface area contributed by atoms with E-state index in [4.69, 9.17) is 4.98 Å². The normalized spacial score (nSPS) is 11.0. The molecule has 0 radical (unpaired) electrons. The molecule has 0 aliphatic carbocycles. The third-order valence-corrected chi connectivity index (χ3v) is 4.99. The van der Waals surface area contributed by atoms with Gasteiger partial charge in [0.2, 0.25) is 0 Å². The Morgan fingerprint density at radius 1 is 0.750 bits per heavy atom. The van der Waals surface area contributed by atoms with Crippen LogP contribution in [0.15, 0.2) is 36.4 Å². The van der Waals surface area contributed by atoms with Crippen molar-refractivity contribution < 1.29 is 0 Å². The Hall–Kier alpha value is -2.15. The van der Waals surface area contributed by atoms with Crippen molar-refractivity contribution in [2.45, 2.75) is 54.1 Å². The fourth-order valence-electron chi connectivity index (χ4n) is 3.24. The molecule has 2 aromatic rings. The molecule has 0 atom stereocenters. The molecule has 0 aliphatic rings. The van der Waals surface area contributed by atoms with Gasteiger partial charge in [0.1, 0.15) is 0 Å². The molecular weight excluding hydrogens is 342 g/mol. The Kier molecular flexibility index (Phi) is 9.20. The number of pyridine rings is 1. The van der Waals surface area contributed by atoms with Gasteiger partial charge in [0.15, 0.2) is 0 Å². The van der Waals surface area contributed by atoms with E-state index in [9.17, 15) is 0 Å². The van der Waals surface area contributed by atoms with E-state index in [-0.39, 0.29) is 0 Å². The maximum atomic E-state index is 4.95. The van der Waals surface area contributed by atoms with Crippen LogP contribution in [0.4, 0.5) is 0 Å². The SMILES string of the molecule is CCCN(CC)Cc1cc(C#Cc2ccc(C)cc2)cc(CN(CC)CC)n1. The fraction of sp³-hybridized carbons (Fsp3) is 0.480. The molecule has 0 bridgehead atoms. The number of hydrogen-bond donors (Lipinski definition) is 0. The standard InChI is InChI=1S/C25H35N3/c1-6-16-28(9-4)20-25-18-23(15-14-22-12-10-21(5)11-13-22)17-24(26-25)19-27(7-2)8-3/h10-13,17-18H,6-9,16,19-20H2,1-5H3. The topological polar surface area (TPSA) is 19.4 Å². The summed E-state index contributed by atoms with van der Waals surface area (Å²) in [6.07, 6.45) is 1.16. The summed E-state index contributed by atoms with van der Waals surface area (Å²) in [6, 6.07) is 12.7. The lowest BCUT2D eigenvalue weighted by Gasteiger charge is -2.21. The molecule has 3 heteroatoms. The zero-order valence-corrected chi connectivity index (χ0v) is 18.3. The maximum absolute atomic E-state index is 4.95. The fourth-order valence-corrected chi connectivity index (χ4v) is 3.24. The van der Waals surface area contributed by atoms with Crippen LogP contribution in [0.25, 0.3) is 0 Å². The smallest absolute Gasteiger partial charge is 0.0560 e. The number of hydrogen-bond acceptors (Lipinski definition) is 3. The highest BCUT2D eigenvalue weighted by molar-refractivity contribution is 5.44. The molecule has 0 fully saturated rings. The Balaban J connectivity index is 2.31. The van der Waals surface area contributed by atoms with E-state index in [0.29, 0.717) is 0 Å². The Morgan fingerprint density at radius 2 is 1.29 bits per heavy atom. The minimum Gasteiger partial charge on any atom is -0.298 e. The molecule has 0 saturated carbocycles. The van der Waals surface area contributed by atoms with Crippen LogP contribution in [0.2, 0.25) is 0 Å². The predicted molar refractivity (Wildman–Crippen MR) is 119 cm³/mol. The molecule has 0 spiro atoms. The number of aromatic nitrogens is 1. The first kappa shape index (κ1) is 22.1. The van der Waals surface area contributed by atoms with E-state index in [2.05, 4.69) is 92.7 Å². The average molecular weight is 378 g/mol. The van der Waals surface area contributed by atoms with Crippen LogP contribution in [0, 0.1) is 18.8 Å². The zero-order valence-electron chi connectivity index (χ0n) is 18.3. The summed E-state index contributed by atoms with van der Waals surface area (Å²) in [6.45, 7) is 16.9. The predicted octanol–water partition coefficient (Wildman–Crippen LogP) is 4.86. The molecule has 28 heavy (non-hydrogen) atoms. The molecule has 2 rings (SSSR count). The monoisotopic (exact) mass is 377 g/mol. The molecule has 0 saturated heterocycles. The largest absolute Gasteiger partial charge is 0.298 e. The first-order valence-electron chi connectivity index (χ1n) is 10.6. The van der Waals surface area contributed by atoms with Gasteiger partial charge in [-0.25, -0.2) is 0 Å². The lowest BCUT2D eigenvalue weighted by atomic mass is 10.1. The Morgan fingerprint density at radius 3 is 1.82 bits per heavy atom. The van der Waals surface area contributed by atoms with Crippen LogP contribution >= 0.6 is 0 Å². The van der Waals surface area contributed by atoms with Crippen LogP contribution in [-0.4, -0.2) is 41.0 Å². The number of aryl methyl sites for hydroxylation is 1. The highest BCUT2D eigenvalue weighted by Crippen LogP contribution is 2.12. The molecule has 3 nitrogen and oxygen atoms in total. The van der Waals surface area contributed by atoms with E-state index in [0.717, 1.165) is 68.2 Å². The molecule has 0 aliphatic heterocycles. The van der Waals surface area contributed by atoms with Crippen LogP contribution in [0.1, 0.15) is 62.2 Å². The molecule has 0 unspecified atom stereocenters. The summed E-state index contributed by atoms with van der Waals surface area (Å²) in [5.41, 5.74) is 5.60. The Bertz CT molecular complexity index is 780. The van der Waals surface area contributed by atoms with E-state index >= 15 is 0 Å². The van der Waals surface area contributed by atoms with Gasteiger partial charge in [-0.15, -0.1) is 0 Å². The van der Waals surface area contributed by atoms with E-state index < -0.39 is 0 Å². The summed E-state index contributed by atoms with van der Waals surface area (Å²) >= 11 is 0.